The number of aryl methyl sites for hydroxylation is 1. The maximum absolute atomic E-state index is 11.7. The van der Waals surface area contributed by atoms with Gasteiger partial charge in [0.25, 0.3) is 15.8 Å². The minimum Gasteiger partial charge on any atom is -0.506 e. The van der Waals surface area contributed by atoms with Crippen molar-refractivity contribution in [3.63, 3.8) is 0 Å². The molecule has 0 atom stereocenters. The molecule has 0 fully saturated rings. The van der Waals surface area contributed by atoms with Crippen LogP contribution in [0.3, 0.4) is 0 Å². The number of fused-ring (bicyclic) bond motifs is 1. The van der Waals surface area contributed by atoms with Crippen molar-refractivity contribution in [2.45, 2.75) is 11.8 Å². The van der Waals surface area contributed by atoms with Gasteiger partial charge in [-0.15, -0.1) is 10.2 Å². The summed E-state index contributed by atoms with van der Waals surface area (Å²) in [4.78, 5) is 9.79. The molecule has 0 spiro atoms. The van der Waals surface area contributed by atoms with Crippen LogP contribution in [-0.2, 0) is 10.1 Å². The maximum Gasteiger partial charge on any atom is 0.295 e. The van der Waals surface area contributed by atoms with E-state index >= 15 is 0 Å². The molecule has 0 saturated heterocycles. The molecular weight excluding hydrogens is 454 g/mol. The Balaban J connectivity index is 1.80. The topological polar surface area (TPSA) is 181 Å². The first kappa shape index (κ1) is 21.9. The van der Waals surface area contributed by atoms with Gasteiger partial charge >= 0.3 is 0 Å². The summed E-state index contributed by atoms with van der Waals surface area (Å²) in [5, 5.41) is 44.2. The molecule has 4 rings (SSSR count). The number of benzene rings is 3. The molecule has 0 radical (unpaired) electrons. The number of nitro groups is 1. The van der Waals surface area contributed by atoms with E-state index in [1.54, 1.807) is 19.1 Å². The lowest BCUT2D eigenvalue weighted by molar-refractivity contribution is -0.384. The Kier molecular flexibility index (Phi) is 5.27. The van der Waals surface area contributed by atoms with Crippen LogP contribution in [0, 0.1) is 17.0 Å². The number of rotatable bonds is 5. The van der Waals surface area contributed by atoms with Crippen molar-refractivity contribution in [2.75, 3.05) is 0 Å². The smallest absolute Gasteiger partial charge is 0.295 e. The lowest BCUT2D eigenvalue weighted by Crippen LogP contribution is -1.99. The van der Waals surface area contributed by atoms with Gasteiger partial charge in [0, 0.05) is 29.0 Å². The van der Waals surface area contributed by atoms with E-state index in [0.29, 0.717) is 5.69 Å². The maximum atomic E-state index is 11.7. The number of aromatic hydroxyl groups is 2. The van der Waals surface area contributed by atoms with E-state index in [2.05, 4.69) is 15.3 Å². The van der Waals surface area contributed by atoms with Gasteiger partial charge in [0.1, 0.15) is 16.3 Å². The highest BCUT2D eigenvalue weighted by atomic mass is 32.2. The van der Waals surface area contributed by atoms with Crippen LogP contribution >= 0.6 is 0 Å². The molecule has 3 aromatic carbocycles. The second-order valence-electron chi connectivity index (χ2n) is 6.91. The van der Waals surface area contributed by atoms with Gasteiger partial charge in [0.2, 0.25) is 5.88 Å². The fraction of sp³-hybridized carbons (Fsp3) is 0.0500. The average molecular weight is 469 g/mol. The molecule has 0 unspecified atom stereocenters. The Morgan fingerprint density at radius 3 is 2.21 bits per heavy atom. The molecule has 33 heavy (non-hydrogen) atoms. The first-order valence-electron chi connectivity index (χ1n) is 9.25. The molecule has 0 bridgehead atoms. The van der Waals surface area contributed by atoms with Crippen molar-refractivity contribution < 1.29 is 28.1 Å². The van der Waals surface area contributed by atoms with Gasteiger partial charge in [0.15, 0.2) is 5.69 Å². The average Bonchev–Trinajstić information content (AvgIpc) is 3.05. The van der Waals surface area contributed by atoms with Crippen LogP contribution in [0.15, 0.2) is 69.7 Å². The van der Waals surface area contributed by atoms with Crippen molar-refractivity contribution in [1.82, 2.24) is 9.78 Å². The molecule has 168 valence electrons. The number of hydrogen-bond acceptors (Lipinski definition) is 9. The normalized spacial score (nSPS) is 11.9. The summed E-state index contributed by atoms with van der Waals surface area (Å²) in [5.74, 6) is -0.951. The van der Waals surface area contributed by atoms with Gasteiger partial charge in [-0.2, -0.15) is 18.2 Å². The predicted octanol–water partition coefficient (Wildman–Crippen LogP) is 4.32. The minimum atomic E-state index is -4.61. The predicted molar refractivity (Wildman–Crippen MR) is 116 cm³/mol. The van der Waals surface area contributed by atoms with Crippen molar-refractivity contribution in [3.05, 3.63) is 70.4 Å². The van der Waals surface area contributed by atoms with E-state index in [4.69, 9.17) is 0 Å². The molecule has 0 saturated carbocycles. The Bertz CT molecular complexity index is 1540. The lowest BCUT2D eigenvalue weighted by atomic mass is 10.1. The Hall–Kier alpha value is -4.36. The monoisotopic (exact) mass is 469 g/mol. The largest absolute Gasteiger partial charge is 0.506 e. The molecular formula is C20H15N5O7S. The number of nitrogens with zero attached hydrogens (tertiary/aromatic N) is 5. The van der Waals surface area contributed by atoms with E-state index in [9.17, 15) is 33.3 Å². The fourth-order valence-electron chi connectivity index (χ4n) is 3.25. The number of nitro benzene ring substituents is 1. The summed E-state index contributed by atoms with van der Waals surface area (Å²) in [6, 6.07) is 12.2. The third-order valence-electron chi connectivity index (χ3n) is 4.80. The van der Waals surface area contributed by atoms with E-state index in [0.717, 1.165) is 10.7 Å². The van der Waals surface area contributed by atoms with Gasteiger partial charge < -0.3 is 10.2 Å². The Morgan fingerprint density at radius 2 is 1.61 bits per heavy atom. The summed E-state index contributed by atoms with van der Waals surface area (Å²) in [5.41, 5.74) is 0.370. The lowest BCUT2D eigenvalue weighted by Gasteiger charge is -2.08. The first-order valence-corrected chi connectivity index (χ1v) is 10.7. The highest BCUT2D eigenvalue weighted by molar-refractivity contribution is 7.86. The van der Waals surface area contributed by atoms with E-state index in [-0.39, 0.29) is 33.5 Å². The van der Waals surface area contributed by atoms with Crippen molar-refractivity contribution in [1.29, 1.82) is 0 Å². The van der Waals surface area contributed by atoms with Crippen LogP contribution in [0.4, 0.5) is 17.1 Å². The Morgan fingerprint density at radius 1 is 1.00 bits per heavy atom. The number of non-ortho nitro benzene ring substituents is 1. The summed E-state index contributed by atoms with van der Waals surface area (Å²) in [7, 11) is -4.61. The first-order chi connectivity index (χ1) is 15.6. The molecule has 0 aliphatic rings. The minimum absolute atomic E-state index is 0.0318. The highest BCUT2D eigenvalue weighted by Gasteiger charge is 2.21. The number of phenolic OH excluding ortho intramolecular Hbond substituents is 1. The van der Waals surface area contributed by atoms with Gasteiger partial charge in [-0.05, 0) is 19.1 Å². The number of azo groups is 1. The zero-order valence-corrected chi connectivity index (χ0v) is 17.6. The summed E-state index contributed by atoms with van der Waals surface area (Å²) >= 11 is 0. The van der Waals surface area contributed by atoms with Crippen molar-refractivity contribution >= 4 is 38.0 Å². The van der Waals surface area contributed by atoms with E-state index in [1.807, 2.05) is 0 Å². The fourth-order valence-corrected chi connectivity index (χ4v) is 3.97. The molecule has 4 aromatic rings. The van der Waals surface area contributed by atoms with Crippen molar-refractivity contribution in [2.24, 2.45) is 10.2 Å². The highest BCUT2D eigenvalue weighted by Crippen LogP contribution is 2.41. The van der Waals surface area contributed by atoms with Gasteiger partial charge in [-0.1, -0.05) is 24.3 Å². The molecule has 12 nitrogen and oxygen atoms in total. The third-order valence-corrected chi connectivity index (χ3v) is 5.69. The molecule has 13 heteroatoms. The van der Waals surface area contributed by atoms with Gasteiger partial charge in [0.05, 0.1) is 16.3 Å². The van der Waals surface area contributed by atoms with E-state index < -0.39 is 31.6 Å². The second kappa shape index (κ2) is 7.96. The zero-order chi connectivity index (χ0) is 23.9. The van der Waals surface area contributed by atoms with E-state index in [1.165, 1.54) is 36.4 Å². The Labute approximate surface area is 186 Å². The third kappa shape index (κ3) is 3.97. The molecule has 1 aromatic heterocycles. The molecule has 0 aliphatic heterocycles. The van der Waals surface area contributed by atoms with Gasteiger partial charge in [-0.3, -0.25) is 14.7 Å². The standard InChI is InChI=1S/C20H15N5O7S/c1-11-18(20(27)24(23-11)12-6-8-13(9-7-12)25(28)29)21-22-19-15-5-3-2-4-14(15)17(10-16(19)26)33(30,31)32/h2-10,26-27H,1H3,(H,30,31,32)/b22-21+. The van der Waals surface area contributed by atoms with Crippen LogP contribution in [-0.4, -0.2) is 37.9 Å². The van der Waals surface area contributed by atoms with Gasteiger partial charge in [-0.25, -0.2) is 0 Å². The van der Waals surface area contributed by atoms with Crippen LogP contribution in [0.2, 0.25) is 0 Å². The summed E-state index contributed by atoms with van der Waals surface area (Å²) in [6.07, 6.45) is 0. The summed E-state index contributed by atoms with van der Waals surface area (Å²) < 4.78 is 34.0. The van der Waals surface area contributed by atoms with Crippen molar-refractivity contribution in [3.8, 4) is 17.3 Å². The number of phenols is 1. The van der Waals surface area contributed by atoms with Crippen LogP contribution in [0.25, 0.3) is 16.5 Å². The van der Waals surface area contributed by atoms with Crippen LogP contribution in [0.1, 0.15) is 5.69 Å². The molecule has 3 N–H and O–H groups in total. The zero-order valence-electron chi connectivity index (χ0n) is 16.8. The molecule has 1 heterocycles. The SMILES string of the molecule is Cc1nn(-c2ccc([N+](=O)[O-])cc2)c(O)c1/N=N/c1c(O)cc(S(=O)(=O)O)c2ccccc12. The quantitative estimate of drug-likeness (QED) is 0.167. The number of hydrogen-bond donors (Lipinski definition) is 3. The molecule has 0 aliphatic carbocycles. The van der Waals surface area contributed by atoms with Crippen LogP contribution < -0.4 is 0 Å². The summed E-state index contributed by atoms with van der Waals surface area (Å²) in [6.45, 7) is 1.55. The van der Waals surface area contributed by atoms with Crippen LogP contribution in [0.5, 0.6) is 11.6 Å². The second-order valence-corrected chi connectivity index (χ2v) is 8.30. The molecule has 0 amide bonds. The number of aromatic nitrogens is 2.